The van der Waals surface area contributed by atoms with Crippen LogP contribution in [0, 0.1) is 10.1 Å². The van der Waals surface area contributed by atoms with Crippen molar-refractivity contribution in [3.8, 4) is 0 Å². The minimum atomic E-state index is -0.534. The van der Waals surface area contributed by atoms with Crippen molar-refractivity contribution in [2.24, 2.45) is 10.7 Å². The molecular weight excluding hydrogens is 322 g/mol. The molecule has 0 saturated heterocycles. The van der Waals surface area contributed by atoms with E-state index in [1.165, 1.54) is 6.07 Å². The Morgan fingerprint density at radius 2 is 2.12 bits per heavy atom. The molecule has 4 rings (SSSR count). The fraction of sp³-hybridized carbons (Fsp3) is 0.125. The highest BCUT2D eigenvalue weighted by molar-refractivity contribution is 5.94. The van der Waals surface area contributed by atoms with Crippen LogP contribution in [0.3, 0.4) is 0 Å². The minimum Gasteiger partial charge on any atom is -0.383 e. The molecule has 0 aliphatic carbocycles. The lowest BCUT2D eigenvalue weighted by Gasteiger charge is -2.23. The van der Waals surface area contributed by atoms with Gasteiger partial charge in [-0.15, -0.1) is 0 Å². The van der Waals surface area contributed by atoms with Crippen molar-refractivity contribution in [2.75, 3.05) is 17.7 Å². The second-order valence-electron chi connectivity index (χ2n) is 5.59. The van der Waals surface area contributed by atoms with Crippen molar-refractivity contribution < 1.29 is 4.92 Å². The summed E-state index contributed by atoms with van der Waals surface area (Å²) < 4.78 is 1.88. The van der Waals surface area contributed by atoms with E-state index in [1.807, 2.05) is 28.8 Å². The van der Waals surface area contributed by atoms with Gasteiger partial charge in [0.2, 0.25) is 5.95 Å². The molecule has 0 saturated carbocycles. The lowest BCUT2D eigenvalue weighted by atomic mass is 10.1. The zero-order chi connectivity index (χ0) is 17.6. The van der Waals surface area contributed by atoms with Crippen LogP contribution in [0.5, 0.6) is 0 Å². The number of hydrogen-bond donors (Lipinski definition) is 3. The maximum atomic E-state index is 11.4. The SMILES string of the molecule is CNc1ccc([C@@H]2N=C(N)Nc3nc4ccccc4n32)cc1[N+](=O)[O-]. The third-order valence-corrected chi connectivity index (χ3v) is 4.13. The standard InChI is InChI=1S/C16H15N7O2/c1-18-10-7-6-9(8-13(10)23(24)25)14-20-15(17)21-16-19-11-4-2-3-5-12(11)22(14)16/h2-8,14,18H,1H3,(H3,17,19,20,21)/t14-/m1/s1. The normalized spacial score (nSPS) is 16.0. The molecule has 4 N–H and O–H groups in total. The number of nitro benzene ring substituents is 1. The second-order valence-corrected chi connectivity index (χ2v) is 5.59. The number of nitrogens with two attached hydrogens (primary N) is 1. The van der Waals surface area contributed by atoms with E-state index in [9.17, 15) is 10.1 Å². The molecule has 9 heteroatoms. The van der Waals surface area contributed by atoms with E-state index in [0.29, 0.717) is 17.2 Å². The summed E-state index contributed by atoms with van der Waals surface area (Å²) in [5, 5.41) is 17.1. The summed E-state index contributed by atoms with van der Waals surface area (Å²) >= 11 is 0. The molecule has 1 atom stereocenters. The van der Waals surface area contributed by atoms with Gasteiger partial charge in [-0.05, 0) is 18.2 Å². The van der Waals surface area contributed by atoms with Crippen LogP contribution in [0.15, 0.2) is 47.5 Å². The topological polar surface area (TPSA) is 123 Å². The molecule has 2 aromatic carbocycles. The molecule has 3 aromatic rings. The number of aromatic nitrogens is 2. The second kappa shape index (κ2) is 5.48. The highest BCUT2D eigenvalue weighted by atomic mass is 16.6. The molecule has 0 amide bonds. The Morgan fingerprint density at radius 3 is 2.88 bits per heavy atom. The number of nitrogens with zero attached hydrogens (tertiary/aromatic N) is 4. The van der Waals surface area contributed by atoms with E-state index >= 15 is 0 Å². The average molecular weight is 337 g/mol. The van der Waals surface area contributed by atoms with E-state index in [1.54, 1.807) is 19.2 Å². The number of hydrogen-bond acceptors (Lipinski definition) is 7. The summed E-state index contributed by atoms with van der Waals surface area (Å²) in [5.74, 6) is 0.771. The molecule has 0 fully saturated rings. The first-order valence-corrected chi connectivity index (χ1v) is 7.62. The Hall–Kier alpha value is -3.62. The highest BCUT2D eigenvalue weighted by Crippen LogP contribution is 2.35. The van der Waals surface area contributed by atoms with Gasteiger partial charge in [-0.2, -0.15) is 0 Å². The van der Waals surface area contributed by atoms with Gasteiger partial charge in [-0.1, -0.05) is 18.2 Å². The van der Waals surface area contributed by atoms with Crippen LogP contribution in [0.2, 0.25) is 0 Å². The fourth-order valence-corrected chi connectivity index (χ4v) is 3.01. The number of anilines is 2. The molecule has 0 unspecified atom stereocenters. The van der Waals surface area contributed by atoms with Gasteiger partial charge in [-0.3, -0.25) is 20.0 Å². The number of aliphatic imine (C=N–C) groups is 1. The Kier molecular flexibility index (Phi) is 3.27. The predicted octanol–water partition coefficient (Wildman–Crippen LogP) is 2.27. The van der Waals surface area contributed by atoms with Crippen molar-refractivity contribution in [1.29, 1.82) is 0 Å². The summed E-state index contributed by atoms with van der Waals surface area (Å²) in [4.78, 5) is 19.9. The monoisotopic (exact) mass is 337 g/mol. The van der Waals surface area contributed by atoms with Crippen molar-refractivity contribution in [2.45, 2.75) is 6.17 Å². The molecule has 9 nitrogen and oxygen atoms in total. The number of para-hydroxylation sites is 2. The van der Waals surface area contributed by atoms with E-state index in [0.717, 1.165) is 11.0 Å². The van der Waals surface area contributed by atoms with Crippen LogP contribution in [-0.2, 0) is 0 Å². The number of nitro groups is 1. The summed E-state index contributed by atoms with van der Waals surface area (Å²) in [6, 6.07) is 12.6. The van der Waals surface area contributed by atoms with Crippen molar-refractivity contribution in [3.63, 3.8) is 0 Å². The summed E-state index contributed by atoms with van der Waals surface area (Å²) in [6.07, 6.45) is -0.534. The van der Waals surface area contributed by atoms with E-state index in [4.69, 9.17) is 5.73 Å². The van der Waals surface area contributed by atoms with Crippen LogP contribution >= 0.6 is 0 Å². The maximum Gasteiger partial charge on any atom is 0.292 e. The Morgan fingerprint density at radius 1 is 1.32 bits per heavy atom. The van der Waals surface area contributed by atoms with Gasteiger partial charge >= 0.3 is 0 Å². The molecule has 1 aliphatic rings. The molecule has 0 bridgehead atoms. The molecule has 0 radical (unpaired) electrons. The smallest absolute Gasteiger partial charge is 0.292 e. The van der Waals surface area contributed by atoms with Gasteiger partial charge in [-0.25, -0.2) is 9.98 Å². The maximum absolute atomic E-state index is 11.4. The molecule has 126 valence electrons. The van der Waals surface area contributed by atoms with Gasteiger partial charge in [0.1, 0.15) is 5.69 Å². The van der Waals surface area contributed by atoms with E-state index < -0.39 is 11.1 Å². The van der Waals surface area contributed by atoms with Crippen LogP contribution in [0.4, 0.5) is 17.3 Å². The zero-order valence-electron chi connectivity index (χ0n) is 13.3. The number of guanidine groups is 1. The number of nitrogens with one attached hydrogen (secondary N) is 2. The third-order valence-electron chi connectivity index (χ3n) is 4.13. The minimum absolute atomic E-state index is 0.0155. The molecular formula is C16H15N7O2. The Labute approximate surface area is 142 Å². The van der Waals surface area contributed by atoms with Crippen LogP contribution in [0.25, 0.3) is 11.0 Å². The summed E-state index contributed by atoms with van der Waals surface area (Å²) in [7, 11) is 1.64. The van der Waals surface area contributed by atoms with Gasteiger partial charge < -0.3 is 11.1 Å². The average Bonchev–Trinajstić information content (AvgIpc) is 2.98. The highest BCUT2D eigenvalue weighted by Gasteiger charge is 2.27. The quantitative estimate of drug-likeness (QED) is 0.497. The Bertz CT molecular complexity index is 1020. The zero-order valence-corrected chi connectivity index (χ0v) is 13.3. The number of imidazole rings is 1. The number of fused-ring (bicyclic) bond motifs is 3. The van der Waals surface area contributed by atoms with Crippen LogP contribution < -0.4 is 16.4 Å². The fourth-order valence-electron chi connectivity index (χ4n) is 3.01. The molecule has 1 aromatic heterocycles. The van der Waals surface area contributed by atoms with Crippen molar-refractivity contribution >= 4 is 34.3 Å². The molecule has 0 spiro atoms. The van der Waals surface area contributed by atoms with E-state index in [2.05, 4.69) is 20.6 Å². The van der Waals surface area contributed by atoms with E-state index in [-0.39, 0.29) is 11.6 Å². The predicted molar refractivity (Wildman–Crippen MR) is 95.8 cm³/mol. The van der Waals surface area contributed by atoms with Crippen LogP contribution in [0.1, 0.15) is 11.7 Å². The molecule has 25 heavy (non-hydrogen) atoms. The first-order chi connectivity index (χ1) is 12.1. The summed E-state index contributed by atoms with van der Waals surface area (Å²) in [6.45, 7) is 0. The van der Waals surface area contributed by atoms with Gasteiger partial charge in [0.05, 0.1) is 16.0 Å². The van der Waals surface area contributed by atoms with Crippen molar-refractivity contribution in [1.82, 2.24) is 9.55 Å². The lowest BCUT2D eigenvalue weighted by molar-refractivity contribution is -0.384. The first-order valence-electron chi connectivity index (χ1n) is 7.62. The van der Waals surface area contributed by atoms with Gasteiger partial charge in [0.15, 0.2) is 12.1 Å². The molecule has 1 aliphatic heterocycles. The van der Waals surface area contributed by atoms with Crippen LogP contribution in [-0.4, -0.2) is 27.5 Å². The molecule has 2 heterocycles. The third kappa shape index (κ3) is 2.33. The Balaban J connectivity index is 1.92. The lowest BCUT2D eigenvalue weighted by Crippen LogP contribution is -2.31. The summed E-state index contributed by atoms with van der Waals surface area (Å²) in [5.41, 5.74) is 8.63. The van der Waals surface area contributed by atoms with Gasteiger partial charge in [0.25, 0.3) is 5.69 Å². The van der Waals surface area contributed by atoms with Crippen molar-refractivity contribution in [3.05, 3.63) is 58.1 Å². The van der Waals surface area contributed by atoms with Gasteiger partial charge in [0, 0.05) is 18.7 Å². The number of rotatable bonds is 3. The number of benzene rings is 2. The largest absolute Gasteiger partial charge is 0.383 e. The first kappa shape index (κ1) is 14.9.